The summed E-state index contributed by atoms with van der Waals surface area (Å²) in [7, 11) is 1.64. The largest absolute Gasteiger partial charge is 0.497 e. The van der Waals surface area contributed by atoms with Gasteiger partial charge in [0.25, 0.3) is 0 Å². The highest BCUT2D eigenvalue weighted by atomic mass is 19.1. The van der Waals surface area contributed by atoms with E-state index in [1.165, 1.54) is 17.7 Å². The number of hydrogen-bond acceptors (Lipinski definition) is 3. The maximum Gasteiger partial charge on any atom is 0.330 e. The van der Waals surface area contributed by atoms with E-state index in [1.54, 1.807) is 32.2 Å². The van der Waals surface area contributed by atoms with Crippen LogP contribution in [0.4, 0.5) is 4.39 Å². The average Bonchev–Trinajstić information content (AvgIpc) is 3.12. The number of carboxylic acids is 1. The number of rotatable bonds is 7. The number of carboxylic acid groups (broad SMARTS) is 1. The van der Waals surface area contributed by atoms with E-state index in [9.17, 15) is 14.3 Å². The topological polar surface area (TPSA) is 55.8 Å². The van der Waals surface area contributed by atoms with Crippen LogP contribution in [-0.2, 0) is 16.0 Å². The molecule has 1 fully saturated rings. The van der Waals surface area contributed by atoms with Crippen LogP contribution in [0, 0.1) is 23.6 Å². The Balaban J connectivity index is 1.88. The number of benzene rings is 2. The molecule has 4 atom stereocenters. The fraction of sp³-hybridized carbons (Fsp3) is 0.375. The Hall–Kier alpha value is -2.66. The molecular weight excluding hydrogens is 371 g/mol. The van der Waals surface area contributed by atoms with E-state index >= 15 is 0 Å². The number of allylic oxidation sites excluding steroid dienone is 1. The maximum absolute atomic E-state index is 13.4. The molecule has 1 saturated heterocycles. The molecule has 1 heterocycles. The number of aliphatic carboxylic acids is 1. The van der Waals surface area contributed by atoms with E-state index < -0.39 is 5.97 Å². The third-order valence-electron chi connectivity index (χ3n) is 5.70. The van der Waals surface area contributed by atoms with Crippen molar-refractivity contribution in [3.8, 4) is 5.75 Å². The number of halogens is 1. The molecule has 0 spiro atoms. The van der Waals surface area contributed by atoms with Crippen molar-refractivity contribution in [3.63, 3.8) is 0 Å². The molecule has 0 radical (unpaired) electrons. The van der Waals surface area contributed by atoms with E-state index in [0.717, 1.165) is 17.7 Å². The summed E-state index contributed by atoms with van der Waals surface area (Å²) in [5, 5.41) is 9.28. The molecule has 1 N–H and O–H groups in total. The first-order valence-electron chi connectivity index (χ1n) is 9.80. The lowest BCUT2D eigenvalue weighted by atomic mass is 9.76. The molecule has 154 valence electrons. The second-order valence-corrected chi connectivity index (χ2v) is 7.71. The van der Waals surface area contributed by atoms with Gasteiger partial charge in [-0.15, -0.1) is 0 Å². The number of ether oxygens (including phenoxy) is 2. The first kappa shape index (κ1) is 21.1. The van der Waals surface area contributed by atoms with Crippen molar-refractivity contribution >= 4 is 5.97 Å². The molecule has 0 saturated carbocycles. The van der Waals surface area contributed by atoms with Crippen LogP contribution < -0.4 is 4.74 Å². The van der Waals surface area contributed by atoms with Crippen LogP contribution in [0.1, 0.15) is 31.1 Å². The minimum absolute atomic E-state index is 0.00750. The summed E-state index contributed by atoms with van der Waals surface area (Å²) in [4.78, 5) is 11.3. The summed E-state index contributed by atoms with van der Waals surface area (Å²) in [5.41, 5.74) is 2.42. The van der Waals surface area contributed by atoms with Crippen molar-refractivity contribution < 1.29 is 23.8 Å². The Morgan fingerprint density at radius 1 is 1.24 bits per heavy atom. The van der Waals surface area contributed by atoms with E-state index in [0.29, 0.717) is 12.2 Å². The molecule has 0 amide bonds. The molecule has 3 rings (SSSR count). The quantitative estimate of drug-likeness (QED) is 0.664. The van der Waals surface area contributed by atoms with Gasteiger partial charge in [0.1, 0.15) is 11.6 Å². The highest BCUT2D eigenvalue weighted by Crippen LogP contribution is 2.45. The summed E-state index contributed by atoms with van der Waals surface area (Å²) in [6.07, 6.45) is 2.42. The second-order valence-electron chi connectivity index (χ2n) is 7.71. The summed E-state index contributed by atoms with van der Waals surface area (Å²) in [6.45, 7) is 4.21. The van der Waals surface area contributed by atoms with Gasteiger partial charge < -0.3 is 14.6 Å². The van der Waals surface area contributed by atoms with Crippen molar-refractivity contribution in [1.82, 2.24) is 0 Å². The summed E-state index contributed by atoms with van der Waals surface area (Å²) in [5.74, 6) is -0.103. The first-order valence-corrected chi connectivity index (χ1v) is 9.80. The van der Waals surface area contributed by atoms with Gasteiger partial charge >= 0.3 is 5.97 Å². The molecule has 0 aliphatic carbocycles. The van der Waals surface area contributed by atoms with Gasteiger partial charge in [-0.1, -0.05) is 37.3 Å². The molecule has 2 aromatic carbocycles. The van der Waals surface area contributed by atoms with Crippen molar-refractivity contribution in [2.75, 3.05) is 13.7 Å². The Kier molecular flexibility index (Phi) is 6.70. The van der Waals surface area contributed by atoms with Crippen molar-refractivity contribution in [2.45, 2.75) is 26.4 Å². The Morgan fingerprint density at radius 2 is 1.90 bits per heavy atom. The predicted octanol–water partition coefficient (Wildman–Crippen LogP) is 5.05. The second kappa shape index (κ2) is 9.23. The Labute approximate surface area is 171 Å². The molecule has 2 aromatic rings. The molecule has 5 heteroatoms. The van der Waals surface area contributed by atoms with E-state index in [4.69, 9.17) is 9.47 Å². The third kappa shape index (κ3) is 5.04. The fourth-order valence-electron chi connectivity index (χ4n) is 4.21. The minimum Gasteiger partial charge on any atom is -0.497 e. The van der Waals surface area contributed by atoms with E-state index in [-0.39, 0.29) is 29.7 Å². The minimum atomic E-state index is -0.916. The highest BCUT2D eigenvalue weighted by Gasteiger charge is 2.40. The van der Waals surface area contributed by atoms with Crippen LogP contribution in [0.3, 0.4) is 0 Å². The van der Waals surface area contributed by atoms with Gasteiger partial charge in [0, 0.05) is 11.5 Å². The van der Waals surface area contributed by atoms with Crippen LogP contribution in [0.15, 0.2) is 60.2 Å². The highest BCUT2D eigenvalue weighted by molar-refractivity contribution is 5.85. The number of carbonyl (C=O) groups is 1. The SMILES string of the molecule is COc1ccc(C[C@H]2CO[C@H](c3ccc(F)cc3)[C@@H]2C(C)/C=C(/C)C(=O)O)cc1. The molecular formula is C24H27FO4. The van der Waals surface area contributed by atoms with Gasteiger partial charge in [0.2, 0.25) is 0 Å². The van der Waals surface area contributed by atoms with Gasteiger partial charge in [-0.2, -0.15) is 0 Å². The average molecular weight is 398 g/mol. The molecule has 1 unspecified atom stereocenters. The predicted molar refractivity (Wildman–Crippen MR) is 109 cm³/mol. The summed E-state index contributed by atoms with van der Waals surface area (Å²) < 4.78 is 24.8. The molecule has 29 heavy (non-hydrogen) atoms. The van der Waals surface area contributed by atoms with Crippen LogP contribution in [0.25, 0.3) is 0 Å². The lowest BCUT2D eigenvalue weighted by Crippen LogP contribution is -2.24. The lowest BCUT2D eigenvalue weighted by Gasteiger charge is -2.28. The third-order valence-corrected chi connectivity index (χ3v) is 5.70. The normalized spacial score (nSPS) is 23.0. The van der Waals surface area contributed by atoms with Gasteiger partial charge in [-0.05, 0) is 60.6 Å². The summed E-state index contributed by atoms with van der Waals surface area (Å²) in [6, 6.07) is 14.4. The van der Waals surface area contributed by atoms with Crippen molar-refractivity contribution in [1.29, 1.82) is 0 Å². The van der Waals surface area contributed by atoms with Crippen LogP contribution in [0.2, 0.25) is 0 Å². The molecule has 0 aromatic heterocycles. The first-order chi connectivity index (χ1) is 13.9. The van der Waals surface area contributed by atoms with Crippen molar-refractivity contribution in [3.05, 3.63) is 77.1 Å². The van der Waals surface area contributed by atoms with Gasteiger partial charge in [-0.3, -0.25) is 0 Å². The molecule has 1 aliphatic rings. The standard InChI is InChI=1S/C24H27FO4/c1-15(12-16(2)24(26)27)22-19(13-17-4-10-21(28-3)11-5-17)14-29-23(22)18-6-8-20(25)9-7-18/h4-12,15,19,22-23H,13-14H2,1-3H3,(H,26,27)/b16-12-/t15?,19-,22+,23+/m0/s1. The number of hydrogen-bond donors (Lipinski definition) is 1. The van der Waals surface area contributed by atoms with Crippen LogP contribution >= 0.6 is 0 Å². The monoisotopic (exact) mass is 398 g/mol. The zero-order valence-corrected chi connectivity index (χ0v) is 17.0. The van der Waals surface area contributed by atoms with Crippen LogP contribution in [0.5, 0.6) is 5.75 Å². The van der Waals surface area contributed by atoms with E-state index in [1.807, 2.05) is 31.2 Å². The Morgan fingerprint density at radius 3 is 2.48 bits per heavy atom. The van der Waals surface area contributed by atoms with Crippen LogP contribution in [-0.4, -0.2) is 24.8 Å². The van der Waals surface area contributed by atoms with Gasteiger partial charge in [-0.25, -0.2) is 9.18 Å². The van der Waals surface area contributed by atoms with Crippen molar-refractivity contribution in [2.24, 2.45) is 17.8 Å². The zero-order chi connectivity index (χ0) is 21.0. The smallest absolute Gasteiger partial charge is 0.330 e. The maximum atomic E-state index is 13.4. The molecule has 0 bridgehead atoms. The van der Waals surface area contributed by atoms with Gasteiger partial charge in [0.15, 0.2) is 0 Å². The lowest BCUT2D eigenvalue weighted by molar-refractivity contribution is -0.132. The molecule has 1 aliphatic heterocycles. The number of methoxy groups -OCH3 is 1. The molecule has 4 nitrogen and oxygen atoms in total. The Bertz CT molecular complexity index is 857. The van der Waals surface area contributed by atoms with Gasteiger partial charge in [0.05, 0.1) is 19.8 Å². The van der Waals surface area contributed by atoms with E-state index in [2.05, 4.69) is 0 Å². The zero-order valence-electron chi connectivity index (χ0n) is 17.0. The fourth-order valence-corrected chi connectivity index (χ4v) is 4.21. The summed E-state index contributed by atoms with van der Waals surface area (Å²) >= 11 is 0.